The van der Waals surface area contributed by atoms with E-state index in [1.54, 1.807) is 11.8 Å². The number of hydrogen-bond donors (Lipinski definition) is 1. The number of carbonyl (C=O) groups is 3. The van der Waals surface area contributed by atoms with Crippen LogP contribution in [0.15, 0.2) is 12.4 Å². The largest absolute Gasteiger partial charge is 0.353 e. The summed E-state index contributed by atoms with van der Waals surface area (Å²) < 4.78 is 0. The van der Waals surface area contributed by atoms with Crippen molar-refractivity contribution in [1.82, 2.24) is 25.1 Å². The molecule has 0 unspecified atom stereocenters. The topological polar surface area (TPSA) is 95.5 Å². The number of piperazine rings is 1. The quantitative estimate of drug-likeness (QED) is 0.801. The molecule has 0 radical (unpaired) electrons. The molecule has 4 rings (SSSR count). The molecule has 8 heteroatoms. The van der Waals surface area contributed by atoms with E-state index in [2.05, 4.69) is 29.1 Å². The van der Waals surface area contributed by atoms with E-state index in [1.807, 2.05) is 4.90 Å². The summed E-state index contributed by atoms with van der Waals surface area (Å²) >= 11 is 0. The maximum atomic E-state index is 13.0. The molecule has 3 atom stereocenters. The summed E-state index contributed by atoms with van der Waals surface area (Å²) in [6, 6.07) is 0.0895. The van der Waals surface area contributed by atoms with Gasteiger partial charge in [0.15, 0.2) is 0 Å². The van der Waals surface area contributed by atoms with Crippen molar-refractivity contribution in [2.75, 3.05) is 13.1 Å². The van der Waals surface area contributed by atoms with Crippen molar-refractivity contribution < 1.29 is 14.4 Å². The Kier molecular flexibility index (Phi) is 5.27. The number of amides is 3. The fourth-order valence-electron chi connectivity index (χ4n) is 4.56. The van der Waals surface area contributed by atoms with Crippen molar-refractivity contribution in [1.29, 1.82) is 0 Å². The van der Waals surface area contributed by atoms with Crippen LogP contribution in [-0.2, 0) is 9.59 Å². The average Bonchev–Trinajstić information content (AvgIpc) is 3.41. The van der Waals surface area contributed by atoms with Gasteiger partial charge in [0, 0.05) is 31.0 Å². The summed E-state index contributed by atoms with van der Waals surface area (Å²) in [6.45, 7) is 6.47. The van der Waals surface area contributed by atoms with Gasteiger partial charge in [-0.1, -0.05) is 13.8 Å². The van der Waals surface area contributed by atoms with Crippen LogP contribution >= 0.6 is 0 Å². The molecule has 1 saturated carbocycles. The molecular formula is C21H29N5O3. The average molecular weight is 399 g/mol. The third-order valence-electron chi connectivity index (χ3n) is 6.07. The molecule has 1 N–H and O–H groups in total. The summed E-state index contributed by atoms with van der Waals surface area (Å²) in [5.41, 5.74) is 0.386. The van der Waals surface area contributed by atoms with E-state index in [0.717, 1.165) is 19.3 Å². The zero-order valence-electron chi connectivity index (χ0n) is 17.3. The highest BCUT2D eigenvalue weighted by Gasteiger charge is 2.50. The Morgan fingerprint density at radius 2 is 1.93 bits per heavy atom. The Balaban J connectivity index is 1.52. The van der Waals surface area contributed by atoms with Crippen LogP contribution in [0.2, 0.25) is 0 Å². The van der Waals surface area contributed by atoms with Gasteiger partial charge in [0.1, 0.15) is 12.4 Å². The molecule has 156 valence electrons. The zero-order chi connectivity index (χ0) is 20.7. The monoisotopic (exact) mass is 399 g/mol. The molecule has 29 heavy (non-hydrogen) atoms. The SMILES string of the molecule is Cc1ncc(C(=O)N2CC(=O)N3[C@@H](C[C@H](C(=O)NC4CC4)[C@@H]3CC(C)C)C2)cn1. The first kappa shape index (κ1) is 19.8. The summed E-state index contributed by atoms with van der Waals surface area (Å²) in [6.07, 6.45) is 6.49. The number of aryl methyl sites for hydroxylation is 1. The van der Waals surface area contributed by atoms with Gasteiger partial charge in [-0.25, -0.2) is 9.97 Å². The molecule has 2 aliphatic heterocycles. The van der Waals surface area contributed by atoms with Crippen molar-refractivity contribution in [2.45, 2.75) is 64.6 Å². The highest BCUT2D eigenvalue weighted by Crippen LogP contribution is 2.37. The predicted molar refractivity (Wildman–Crippen MR) is 106 cm³/mol. The number of rotatable bonds is 5. The van der Waals surface area contributed by atoms with E-state index < -0.39 is 0 Å². The highest BCUT2D eigenvalue weighted by atomic mass is 16.2. The maximum Gasteiger partial charge on any atom is 0.257 e. The van der Waals surface area contributed by atoms with Crippen molar-refractivity contribution in [3.05, 3.63) is 23.8 Å². The van der Waals surface area contributed by atoms with Crippen molar-refractivity contribution in [2.24, 2.45) is 11.8 Å². The van der Waals surface area contributed by atoms with E-state index in [4.69, 9.17) is 0 Å². The number of aromatic nitrogens is 2. The van der Waals surface area contributed by atoms with Crippen molar-refractivity contribution >= 4 is 17.7 Å². The minimum Gasteiger partial charge on any atom is -0.353 e. The number of nitrogens with one attached hydrogen (secondary N) is 1. The first-order valence-electron chi connectivity index (χ1n) is 10.5. The number of fused-ring (bicyclic) bond motifs is 1. The smallest absolute Gasteiger partial charge is 0.257 e. The third-order valence-corrected chi connectivity index (χ3v) is 6.07. The lowest BCUT2D eigenvalue weighted by Gasteiger charge is -2.40. The molecule has 0 spiro atoms. The molecule has 1 aromatic heterocycles. The molecule has 1 aliphatic carbocycles. The Hall–Kier alpha value is -2.51. The van der Waals surface area contributed by atoms with E-state index in [0.29, 0.717) is 36.3 Å². The predicted octanol–water partition coefficient (Wildman–Crippen LogP) is 1.15. The lowest BCUT2D eigenvalue weighted by molar-refractivity contribution is -0.140. The van der Waals surface area contributed by atoms with Crippen LogP contribution in [0.5, 0.6) is 0 Å². The summed E-state index contributed by atoms with van der Waals surface area (Å²) in [4.78, 5) is 50.4. The fourth-order valence-corrected chi connectivity index (χ4v) is 4.56. The van der Waals surface area contributed by atoms with Gasteiger partial charge in [0.25, 0.3) is 5.91 Å². The minimum absolute atomic E-state index is 0.0365. The Morgan fingerprint density at radius 3 is 2.55 bits per heavy atom. The maximum absolute atomic E-state index is 13.0. The van der Waals surface area contributed by atoms with Crippen LogP contribution in [0.3, 0.4) is 0 Å². The van der Waals surface area contributed by atoms with E-state index in [9.17, 15) is 14.4 Å². The zero-order valence-corrected chi connectivity index (χ0v) is 17.3. The van der Waals surface area contributed by atoms with Crippen LogP contribution in [0.25, 0.3) is 0 Å². The molecule has 3 aliphatic rings. The first-order valence-corrected chi connectivity index (χ1v) is 10.5. The van der Waals surface area contributed by atoms with Crippen LogP contribution in [-0.4, -0.2) is 68.7 Å². The molecular weight excluding hydrogens is 370 g/mol. The molecule has 0 bridgehead atoms. The van der Waals surface area contributed by atoms with Crippen LogP contribution < -0.4 is 5.32 Å². The van der Waals surface area contributed by atoms with Crippen molar-refractivity contribution in [3.63, 3.8) is 0 Å². The first-order chi connectivity index (χ1) is 13.8. The molecule has 1 aromatic rings. The van der Waals surface area contributed by atoms with Gasteiger partial charge in [-0.3, -0.25) is 14.4 Å². The second-order valence-electron chi connectivity index (χ2n) is 8.98. The lowest BCUT2D eigenvalue weighted by Crippen LogP contribution is -2.58. The Bertz CT molecular complexity index is 805. The van der Waals surface area contributed by atoms with Gasteiger partial charge in [-0.2, -0.15) is 0 Å². The second kappa shape index (κ2) is 7.72. The number of nitrogens with zero attached hydrogens (tertiary/aromatic N) is 4. The van der Waals surface area contributed by atoms with E-state index in [-0.39, 0.29) is 42.3 Å². The van der Waals surface area contributed by atoms with Gasteiger partial charge in [0.05, 0.1) is 17.5 Å². The Morgan fingerprint density at radius 1 is 1.24 bits per heavy atom. The molecule has 3 fully saturated rings. The van der Waals surface area contributed by atoms with E-state index >= 15 is 0 Å². The van der Waals surface area contributed by atoms with Gasteiger partial charge in [-0.05, 0) is 38.5 Å². The van der Waals surface area contributed by atoms with E-state index in [1.165, 1.54) is 12.4 Å². The number of carbonyl (C=O) groups excluding carboxylic acids is 3. The Labute approximate surface area is 171 Å². The molecule has 2 saturated heterocycles. The van der Waals surface area contributed by atoms with Gasteiger partial charge >= 0.3 is 0 Å². The normalized spacial score (nSPS) is 26.6. The fraction of sp³-hybridized carbons (Fsp3) is 0.667. The molecule has 8 nitrogen and oxygen atoms in total. The summed E-state index contributed by atoms with van der Waals surface area (Å²) in [5, 5.41) is 3.11. The summed E-state index contributed by atoms with van der Waals surface area (Å²) in [7, 11) is 0. The number of hydrogen-bond acceptors (Lipinski definition) is 5. The molecule has 0 aromatic carbocycles. The van der Waals surface area contributed by atoms with Gasteiger partial charge in [-0.15, -0.1) is 0 Å². The molecule has 3 amide bonds. The van der Waals surface area contributed by atoms with Crippen LogP contribution in [0.1, 0.15) is 55.7 Å². The summed E-state index contributed by atoms with van der Waals surface area (Å²) in [5.74, 6) is 0.528. The standard InChI is InChI=1S/C21H29N5O3/c1-12(2)6-18-17(20(28)24-15-4-5-15)7-16-10-25(11-19(27)26(16)18)21(29)14-8-22-13(3)23-9-14/h8-9,12,15-18H,4-7,10-11H2,1-3H3,(H,24,28)/t16-,17-,18-/m0/s1. The van der Waals surface area contributed by atoms with Gasteiger partial charge < -0.3 is 15.1 Å². The molecule has 3 heterocycles. The lowest BCUT2D eigenvalue weighted by atomic mass is 9.91. The third kappa shape index (κ3) is 4.11. The minimum atomic E-state index is -0.232. The van der Waals surface area contributed by atoms with Crippen LogP contribution in [0, 0.1) is 18.8 Å². The van der Waals surface area contributed by atoms with Gasteiger partial charge in [0.2, 0.25) is 11.8 Å². The van der Waals surface area contributed by atoms with Crippen LogP contribution in [0.4, 0.5) is 0 Å². The second-order valence-corrected chi connectivity index (χ2v) is 8.98. The highest BCUT2D eigenvalue weighted by molar-refractivity contribution is 5.97. The van der Waals surface area contributed by atoms with Crippen molar-refractivity contribution in [3.8, 4) is 0 Å².